The van der Waals surface area contributed by atoms with Gasteiger partial charge in [-0.3, -0.25) is 19.4 Å². The van der Waals surface area contributed by atoms with Crippen molar-refractivity contribution in [3.05, 3.63) is 34.9 Å². The standard InChI is InChI=1S/C20H25ClN4O3/c21-16-5-3-15(4-6-16)17(26)24-12-9-23(10-13-24)11-14-25-18(27)20(22-19(25)28)7-1-2-8-20/h3-6H,1-2,7-14H2,(H,22,28). The molecule has 2 aliphatic heterocycles. The molecule has 1 N–H and O–H groups in total. The van der Waals surface area contributed by atoms with Crippen molar-refractivity contribution in [1.29, 1.82) is 0 Å². The van der Waals surface area contributed by atoms with Gasteiger partial charge >= 0.3 is 6.03 Å². The molecule has 1 saturated carbocycles. The Kier molecular flexibility index (Phi) is 5.29. The number of urea groups is 1. The summed E-state index contributed by atoms with van der Waals surface area (Å²) in [6.45, 7) is 3.76. The summed E-state index contributed by atoms with van der Waals surface area (Å²) >= 11 is 5.88. The summed E-state index contributed by atoms with van der Waals surface area (Å²) in [6.07, 6.45) is 3.48. The zero-order valence-electron chi connectivity index (χ0n) is 15.8. The number of nitrogens with one attached hydrogen (secondary N) is 1. The maximum absolute atomic E-state index is 12.7. The van der Waals surface area contributed by atoms with Crippen LogP contribution in [0.25, 0.3) is 0 Å². The van der Waals surface area contributed by atoms with Gasteiger partial charge in [-0.15, -0.1) is 0 Å². The van der Waals surface area contributed by atoms with Crippen LogP contribution in [0.1, 0.15) is 36.0 Å². The van der Waals surface area contributed by atoms with Crippen molar-refractivity contribution in [3.8, 4) is 0 Å². The van der Waals surface area contributed by atoms with Crippen LogP contribution in [0.2, 0.25) is 5.02 Å². The van der Waals surface area contributed by atoms with Crippen LogP contribution in [-0.4, -0.2) is 77.4 Å². The van der Waals surface area contributed by atoms with Crippen LogP contribution in [0.15, 0.2) is 24.3 Å². The van der Waals surface area contributed by atoms with Gasteiger partial charge in [-0.1, -0.05) is 24.4 Å². The zero-order chi connectivity index (χ0) is 19.7. The van der Waals surface area contributed by atoms with E-state index < -0.39 is 5.54 Å². The van der Waals surface area contributed by atoms with Gasteiger partial charge in [0.1, 0.15) is 5.54 Å². The van der Waals surface area contributed by atoms with E-state index >= 15 is 0 Å². The fourth-order valence-electron chi connectivity index (χ4n) is 4.39. The van der Waals surface area contributed by atoms with Gasteiger partial charge in [-0.2, -0.15) is 0 Å². The molecule has 0 atom stereocenters. The third-order valence-corrected chi connectivity index (χ3v) is 6.35. The maximum atomic E-state index is 12.7. The number of nitrogens with zero attached hydrogens (tertiary/aromatic N) is 3. The van der Waals surface area contributed by atoms with E-state index in [2.05, 4.69) is 10.2 Å². The van der Waals surface area contributed by atoms with Crippen molar-refractivity contribution in [1.82, 2.24) is 20.0 Å². The van der Waals surface area contributed by atoms with Crippen LogP contribution in [0.4, 0.5) is 4.79 Å². The summed E-state index contributed by atoms with van der Waals surface area (Å²) in [7, 11) is 0. The van der Waals surface area contributed by atoms with Gasteiger partial charge in [0, 0.05) is 49.9 Å². The Morgan fingerprint density at radius 1 is 1.00 bits per heavy atom. The fourth-order valence-corrected chi connectivity index (χ4v) is 4.51. The van der Waals surface area contributed by atoms with E-state index in [9.17, 15) is 14.4 Å². The molecule has 4 rings (SSSR count). The predicted octanol–water partition coefficient (Wildman–Crippen LogP) is 1.96. The van der Waals surface area contributed by atoms with Gasteiger partial charge in [-0.05, 0) is 37.1 Å². The van der Waals surface area contributed by atoms with Gasteiger partial charge in [0.2, 0.25) is 0 Å². The lowest BCUT2D eigenvalue weighted by molar-refractivity contribution is -0.131. The number of hydrogen-bond donors (Lipinski definition) is 1. The second-order valence-corrected chi connectivity index (χ2v) is 8.25. The smallest absolute Gasteiger partial charge is 0.325 e. The minimum absolute atomic E-state index is 0.00795. The first-order valence-electron chi connectivity index (χ1n) is 9.90. The molecule has 1 spiro atoms. The molecule has 4 amide bonds. The van der Waals surface area contributed by atoms with Crippen molar-refractivity contribution in [3.63, 3.8) is 0 Å². The minimum Gasteiger partial charge on any atom is -0.336 e. The van der Waals surface area contributed by atoms with Crippen molar-refractivity contribution >= 4 is 29.4 Å². The lowest BCUT2D eigenvalue weighted by Gasteiger charge is -2.35. The molecule has 3 fully saturated rings. The van der Waals surface area contributed by atoms with Crippen molar-refractivity contribution in [2.24, 2.45) is 0 Å². The Hall–Kier alpha value is -2.12. The predicted molar refractivity (Wildman–Crippen MR) is 105 cm³/mol. The highest BCUT2D eigenvalue weighted by atomic mass is 35.5. The first-order valence-corrected chi connectivity index (χ1v) is 10.3. The van der Waals surface area contributed by atoms with E-state index in [1.807, 2.05) is 4.90 Å². The lowest BCUT2D eigenvalue weighted by atomic mass is 9.98. The van der Waals surface area contributed by atoms with Crippen LogP contribution >= 0.6 is 11.6 Å². The number of amides is 4. The number of imide groups is 1. The zero-order valence-corrected chi connectivity index (χ0v) is 16.6. The number of hydrogen-bond acceptors (Lipinski definition) is 4. The summed E-state index contributed by atoms with van der Waals surface area (Å²) in [4.78, 5) is 42.9. The Labute approximate surface area is 169 Å². The average Bonchev–Trinajstić information content (AvgIpc) is 3.26. The van der Waals surface area contributed by atoms with Crippen molar-refractivity contribution in [2.45, 2.75) is 31.2 Å². The summed E-state index contributed by atoms with van der Waals surface area (Å²) in [5.41, 5.74) is -0.000109. The SMILES string of the molecule is O=C(c1ccc(Cl)cc1)N1CCN(CCN2C(=O)NC3(CCCC3)C2=O)CC1. The second-order valence-electron chi connectivity index (χ2n) is 7.82. The van der Waals surface area contributed by atoms with Crippen LogP contribution in [0.5, 0.6) is 0 Å². The Morgan fingerprint density at radius 3 is 2.29 bits per heavy atom. The summed E-state index contributed by atoms with van der Waals surface area (Å²) < 4.78 is 0. The van der Waals surface area contributed by atoms with Crippen LogP contribution < -0.4 is 5.32 Å². The minimum atomic E-state index is -0.638. The lowest BCUT2D eigenvalue weighted by Crippen LogP contribution is -2.51. The molecule has 2 heterocycles. The fraction of sp³-hybridized carbons (Fsp3) is 0.550. The molecule has 0 aromatic heterocycles. The third-order valence-electron chi connectivity index (χ3n) is 6.09. The summed E-state index contributed by atoms with van der Waals surface area (Å²) in [5, 5.41) is 3.53. The van der Waals surface area contributed by atoms with E-state index in [1.165, 1.54) is 4.90 Å². The highest BCUT2D eigenvalue weighted by Gasteiger charge is 2.52. The topological polar surface area (TPSA) is 73.0 Å². The highest BCUT2D eigenvalue weighted by molar-refractivity contribution is 6.30. The average molecular weight is 405 g/mol. The van der Waals surface area contributed by atoms with Gasteiger partial charge in [0.25, 0.3) is 11.8 Å². The van der Waals surface area contributed by atoms with E-state index in [0.29, 0.717) is 36.8 Å². The van der Waals surface area contributed by atoms with Crippen molar-refractivity contribution in [2.75, 3.05) is 39.3 Å². The third kappa shape index (κ3) is 3.61. The first kappa shape index (κ1) is 19.2. The van der Waals surface area contributed by atoms with Gasteiger partial charge in [0.15, 0.2) is 0 Å². The number of piperazine rings is 1. The number of halogens is 1. The molecule has 0 bridgehead atoms. The van der Waals surface area contributed by atoms with Crippen LogP contribution in [0.3, 0.4) is 0 Å². The first-order chi connectivity index (χ1) is 13.5. The number of benzene rings is 1. The van der Waals surface area contributed by atoms with E-state index in [1.54, 1.807) is 24.3 Å². The van der Waals surface area contributed by atoms with Gasteiger partial charge in [0.05, 0.1) is 0 Å². The van der Waals surface area contributed by atoms with Crippen molar-refractivity contribution < 1.29 is 14.4 Å². The summed E-state index contributed by atoms with van der Waals surface area (Å²) in [5.74, 6) is -0.0554. The molecular formula is C20H25ClN4O3. The molecule has 2 saturated heterocycles. The maximum Gasteiger partial charge on any atom is 0.325 e. The highest BCUT2D eigenvalue weighted by Crippen LogP contribution is 2.34. The molecule has 1 aromatic rings. The van der Waals surface area contributed by atoms with E-state index in [-0.39, 0.29) is 17.8 Å². The number of rotatable bonds is 4. The van der Waals surface area contributed by atoms with Gasteiger partial charge in [-0.25, -0.2) is 4.79 Å². The Bertz CT molecular complexity index is 768. The quantitative estimate of drug-likeness (QED) is 0.778. The summed E-state index contributed by atoms with van der Waals surface area (Å²) in [6, 6.07) is 6.67. The van der Waals surface area contributed by atoms with Crippen LogP contribution in [0, 0.1) is 0 Å². The normalized spacial score (nSPS) is 22.2. The van der Waals surface area contributed by atoms with Gasteiger partial charge < -0.3 is 10.2 Å². The molecular weight excluding hydrogens is 380 g/mol. The largest absolute Gasteiger partial charge is 0.336 e. The molecule has 1 aliphatic carbocycles. The molecule has 0 unspecified atom stereocenters. The molecule has 0 radical (unpaired) electrons. The number of carbonyl (C=O) groups is 3. The number of carbonyl (C=O) groups excluding carboxylic acids is 3. The monoisotopic (exact) mass is 404 g/mol. The molecule has 1 aromatic carbocycles. The molecule has 150 valence electrons. The molecule has 8 heteroatoms. The van der Waals surface area contributed by atoms with E-state index in [0.717, 1.165) is 38.8 Å². The Balaban J connectivity index is 1.27. The van der Waals surface area contributed by atoms with Crippen LogP contribution in [-0.2, 0) is 4.79 Å². The molecule has 28 heavy (non-hydrogen) atoms. The molecule has 3 aliphatic rings. The molecule has 7 nitrogen and oxygen atoms in total. The second kappa shape index (κ2) is 7.72. The Morgan fingerprint density at radius 2 is 1.64 bits per heavy atom. The van der Waals surface area contributed by atoms with E-state index in [4.69, 9.17) is 11.6 Å².